The Morgan fingerprint density at radius 3 is 2.64 bits per heavy atom. The van der Waals surface area contributed by atoms with E-state index in [1.54, 1.807) is 4.72 Å². The quantitative estimate of drug-likeness (QED) is 0.459. The van der Waals surface area contributed by atoms with Gasteiger partial charge in [-0.2, -0.15) is 0 Å². The SMILES string of the molecule is O=S(=O)([O-])NC1COC(CO)CC1O. The topological polar surface area (TPSA) is 119 Å². The van der Waals surface area contributed by atoms with Crippen LogP contribution in [0.2, 0.25) is 0 Å². The number of aliphatic hydroxyl groups is 2. The van der Waals surface area contributed by atoms with Crippen LogP contribution in [0, 0.1) is 0 Å². The Bertz CT molecular complexity index is 278. The summed E-state index contributed by atoms with van der Waals surface area (Å²) in [6, 6.07) is -0.930. The first-order valence-electron chi connectivity index (χ1n) is 4.06. The van der Waals surface area contributed by atoms with Gasteiger partial charge in [-0.05, 0) is 0 Å². The average Bonchev–Trinajstić information content (AvgIpc) is 2.06. The summed E-state index contributed by atoms with van der Waals surface area (Å²) < 4.78 is 37.6. The number of aliphatic hydroxyl groups excluding tert-OH is 2. The van der Waals surface area contributed by atoms with Gasteiger partial charge in [0.1, 0.15) is 0 Å². The number of hydrogen-bond acceptors (Lipinski definition) is 6. The molecule has 1 aliphatic heterocycles. The molecule has 8 heteroatoms. The van der Waals surface area contributed by atoms with Crippen LogP contribution in [0.3, 0.4) is 0 Å². The monoisotopic (exact) mass is 226 g/mol. The largest absolute Gasteiger partial charge is 0.735 e. The predicted molar refractivity (Wildman–Crippen MR) is 44.1 cm³/mol. The number of ether oxygens (including phenoxy) is 1. The minimum absolute atomic E-state index is 0.101. The first kappa shape index (κ1) is 11.8. The first-order chi connectivity index (χ1) is 6.42. The molecule has 0 aromatic heterocycles. The number of nitrogens with one attached hydrogen (secondary N) is 1. The molecule has 0 aromatic rings. The van der Waals surface area contributed by atoms with Crippen molar-refractivity contribution in [1.82, 2.24) is 4.72 Å². The maximum atomic E-state index is 10.3. The molecule has 1 heterocycles. The molecule has 7 nitrogen and oxygen atoms in total. The number of hydrogen-bond donors (Lipinski definition) is 3. The van der Waals surface area contributed by atoms with E-state index >= 15 is 0 Å². The zero-order valence-electron chi connectivity index (χ0n) is 7.29. The summed E-state index contributed by atoms with van der Waals surface area (Å²) in [5.74, 6) is 0. The fraction of sp³-hybridized carbons (Fsp3) is 1.00. The zero-order chi connectivity index (χ0) is 10.8. The van der Waals surface area contributed by atoms with Gasteiger partial charge in [-0.1, -0.05) is 0 Å². The lowest BCUT2D eigenvalue weighted by molar-refractivity contribution is -0.0792. The van der Waals surface area contributed by atoms with Crippen LogP contribution in [0.1, 0.15) is 6.42 Å². The van der Waals surface area contributed by atoms with Crippen LogP contribution >= 0.6 is 0 Å². The van der Waals surface area contributed by atoms with Crippen LogP contribution in [0.4, 0.5) is 0 Å². The van der Waals surface area contributed by atoms with E-state index in [9.17, 15) is 18.1 Å². The highest BCUT2D eigenvalue weighted by Crippen LogP contribution is 2.14. The summed E-state index contributed by atoms with van der Waals surface area (Å²) in [6.07, 6.45) is -1.41. The van der Waals surface area contributed by atoms with Crippen molar-refractivity contribution in [2.24, 2.45) is 0 Å². The van der Waals surface area contributed by atoms with Gasteiger partial charge < -0.3 is 19.5 Å². The van der Waals surface area contributed by atoms with Gasteiger partial charge in [-0.15, -0.1) is 0 Å². The molecule has 0 amide bonds. The summed E-state index contributed by atoms with van der Waals surface area (Å²) in [5.41, 5.74) is 0. The molecular formula is C6H12NO6S-. The molecular weight excluding hydrogens is 214 g/mol. The van der Waals surface area contributed by atoms with Gasteiger partial charge in [0.2, 0.25) is 0 Å². The molecule has 0 aromatic carbocycles. The highest BCUT2D eigenvalue weighted by molar-refractivity contribution is 7.83. The fourth-order valence-electron chi connectivity index (χ4n) is 1.28. The van der Waals surface area contributed by atoms with Crippen LogP contribution in [0.25, 0.3) is 0 Å². The van der Waals surface area contributed by atoms with Crippen molar-refractivity contribution in [3.8, 4) is 0 Å². The Kier molecular flexibility index (Phi) is 3.81. The molecule has 1 saturated heterocycles. The van der Waals surface area contributed by atoms with Crippen LogP contribution in [-0.2, 0) is 15.0 Å². The Balaban J connectivity index is 2.50. The molecule has 3 atom stereocenters. The molecule has 14 heavy (non-hydrogen) atoms. The van der Waals surface area contributed by atoms with E-state index in [0.29, 0.717) is 0 Å². The maximum Gasteiger partial charge on any atom is 0.159 e. The van der Waals surface area contributed by atoms with E-state index in [4.69, 9.17) is 9.84 Å². The normalized spacial score (nSPS) is 34.4. The molecule has 0 bridgehead atoms. The first-order valence-corrected chi connectivity index (χ1v) is 5.47. The molecule has 1 fully saturated rings. The van der Waals surface area contributed by atoms with Crippen molar-refractivity contribution in [2.75, 3.05) is 13.2 Å². The second-order valence-electron chi connectivity index (χ2n) is 3.12. The van der Waals surface area contributed by atoms with Crippen LogP contribution in [0.15, 0.2) is 0 Å². The van der Waals surface area contributed by atoms with E-state index in [1.165, 1.54) is 0 Å². The Hall–Kier alpha value is -0.250. The van der Waals surface area contributed by atoms with Crippen molar-refractivity contribution >= 4 is 10.3 Å². The van der Waals surface area contributed by atoms with Gasteiger partial charge in [0.25, 0.3) is 0 Å². The molecule has 0 spiro atoms. The third-order valence-corrected chi connectivity index (χ3v) is 2.57. The van der Waals surface area contributed by atoms with Crippen LogP contribution < -0.4 is 4.72 Å². The summed E-state index contributed by atoms with van der Waals surface area (Å²) in [6.45, 7) is -0.359. The second kappa shape index (κ2) is 4.51. The average molecular weight is 226 g/mol. The number of rotatable bonds is 3. The van der Waals surface area contributed by atoms with Gasteiger partial charge in [-0.3, -0.25) is 0 Å². The van der Waals surface area contributed by atoms with E-state index in [-0.39, 0.29) is 19.6 Å². The fourth-order valence-corrected chi connectivity index (χ4v) is 1.87. The van der Waals surface area contributed by atoms with Crippen LogP contribution in [0.5, 0.6) is 0 Å². The van der Waals surface area contributed by atoms with Crippen molar-refractivity contribution in [2.45, 2.75) is 24.7 Å². The Morgan fingerprint density at radius 2 is 2.21 bits per heavy atom. The summed E-state index contributed by atoms with van der Waals surface area (Å²) in [4.78, 5) is 0. The molecule has 1 aliphatic rings. The molecule has 3 unspecified atom stereocenters. The molecule has 84 valence electrons. The van der Waals surface area contributed by atoms with Crippen molar-refractivity contribution in [1.29, 1.82) is 0 Å². The standard InChI is InChI=1S/C6H13NO6S/c8-2-4-1-6(9)5(3-13-4)7-14(10,11)12/h4-9H,1-3H2,(H,10,11,12)/p-1. The molecule has 0 aliphatic carbocycles. The van der Waals surface area contributed by atoms with Gasteiger partial charge in [0.05, 0.1) is 31.5 Å². The van der Waals surface area contributed by atoms with Gasteiger partial charge >= 0.3 is 0 Å². The third-order valence-electron chi connectivity index (χ3n) is 1.98. The van der Waals surface area contributed by atoms with Crippen LogP contribution in [-0.4, -0.2) is 54.6 Å². The zero-order valence-corrected chi connectivity index (χ0v) is 8.11. The van der Waals surface area contributed by atoms with Crippen molar-refractivity contribution < 1.29 is 27.9 Å². The Labute approximate surface area is 81.6 Å². The lowest BCUT2D eigenvalue weighted by Gasteiger charge is -2.33. The maximum absolute atomic E-state index is 10.3. The highest BCUT2D eigenvalue weighted by atomic mass is 32.2. The lowest BCUT2D eigenvalue weighted by Crippen LogP contribution is -2.52. The molecule has 0 radical (unpaired) electrons. The van der Waals surface area contributed by atoms with Crippen molar-refractivity contribution in [3.05, 3.63) is 0 Å². The summed E-state index contributed by atoms with van der Waals surface area (Å²) >= 11 is 0. The smallest absolute Gasteiger partial charge is 0.159 e. The van der Waals surface area contributed by atoms with E-state index in [2.05, 4.69) is 0 Å². The molecule has 3 N–H and O–H groups in total. The second-order valence-corrected chi connectivity index (χ2v) is 4.26. The summed E-state index contributed by atoms with van der Waals surface area (Å²) in [7, 11) is -4.58. The molecule has 0 saturated carbocycles. The highest BCUT2D eigenvalue weighted by Gasteiger charge is 2.30. The summed E-state index contributed by atoms with van der Waals surface area (Å²) in [5, 5.41) is 18.1. The van der Waals surface area contributed by atoms with Gasteiger partial charge in [-0.25, -0.2) is 13.1 Å². The minimum atomic E-state index is -4.58. The minimum Gasteiger partial charge on any atom is -0.735 e. The van der Waals surface area contributed by atoms with Gasteiger partial charge in [0.15, 0.2) is 10.3 Å². The predicted octanol–water partition coefficient (Wildman–Crippen LogP) is -2.45. The van der Waals surface area contributed by atoms with E-state index in [1.807, 2.05) is 0 Å². The van der Waals surface area contributed by atoms with Crippen molar-refractivity contribution in [3.63, 3.8) is 0 Å². The van der Waals surface area contributed by atoms with E-state index < -0.39 is 28.6 Å². The lowest BCUT2D eigenvalue weighted by atomic mass is 10.0. The Morgan fingerprint density at radius 1 is 1.57 bits per heavy atom. The third kappa shape index (κ3) is 3.48. The molecule has 1 rings (SSSR count). The van der Waals surface area contributed by atoms with E-state index in [0.717, 1.165) is 0 Å². The van der Waals surface area contributed by atoms with Gasteiger partial charge in [0, 0.05) is 6.42 Å².